The Morgan fingerprint density at radius 3 is 1.43 bits per heavy atom. The molecule has 0 saturated heterocycles. The summed E-state index contributed by atoms with van der Waals surface area (Å²) in [6, 6.07) is 7.90. The third-order valence-corrected chi connectivity index (χ3v) is 4.42. The van der Waals surface area contributed by atoms with E-state index in [4.69, 9.17) is 4.74 Å². The van der Waals surface area contributed by atoms with E-state index in [1.165, 1.54) is 12.1 Å². The number of carboxylic acid groups (broad SMARTS) is 5. The Hall–Kier alpha value is -2.15. The van der Waals surface area contributed by atoms with Crippen molar-refractivity contribution in [2.24, 2.45) is 5.41 Å². The van der Waals surface area contributed by atoms with Gasteiger partial charge in [0.15, 0.2) is 0 Å². The molecule has 0 saturated carbocycles. The SMILES string of the molecule is O=C(O)CC(CC(=O)O)(OCc1ccccc1)C(CC(=O)O)(CC(=O)O)C(=O)O.[Gd]. The largest absolute Gasteiger partial charge is 0.481 e. The van der Waals surface area contributed by atoms with Gasteiger partial charge >= 0.3 is 29.8 Å². The van der Waals surface area contributed by atoms with Gasteiger partial charge in [-0.25, -0.2) is 0 Å². The van der Waals surface area contributed by atoms with Gasteiger partial charge in [0.2, 0.25) is 0 Å². The number of hydrogen-bond acceptors (Lipinski definition) is 6. The molecule has 1 aromatic rings. The van der Waals surface area contributed by atoms with E-state index < -0.39 is 73.2 Å². The molecular formula is C18H20GdO11. The molecule has 0 heterocycles. The quantitative estimate of drug-likeness (QED) is 0.226. The zero-order valence-corrected chi connectivity index (χ0v) is 17.7. The van der Waals surface area contributed by atoms with Crippen molar-refractivity contribution in [3.63, 3.8) is 0 Å². The first-order valence-electron chi connectivity index (χ1n) is 8.22. The van der Waals surface area contributed by atoms with E-state index in [0.717, 1.165) is 0 Å². The Labute approximate surface area is 202 Å². The fourth-order valence-electron chi connectivity index (χ4n) is 3.17. The molecule has 12 heteroatoms. The molecule has 0 bridgehead atoms. The average molecular weight is 570 g/mol. The minimum atomic E-state index is -2.86. The van der Waals surface area contributed by atoms with Gasteiger partial charge in [-0.2, -0.15) is 0 Å². The number of carboxylic acids is 5. The number of rotatable bonds is 13. The number of ether oxygens (including phenoxy) is 1. The van der Waals surface area contributed by atoms with Crippen LogP contribution in [0.3, 0.4) is 0 Å². The van der Waals surface area contributed by atoms with Gasteiger partial charge in [0.05, 0.1) is 32.3 Å². The summed E-state index contributed by atoms with van der Waals surface area (Å²) in [4.78, 5) is 57.9. The van der Waals surface area contributed by atoms with E-state index in [-0.39, 0.29) is 39.9 Å². The summed E-state index contributed by atoms with van der Waals surface area (Å²) in [5, 5.41) is 46.9. The normalized spacial score (nSPS) is 11.2. The van der Waals surface area contributed by atoms with Gasteiger partial charge in [0.1, 0.15) is 11.0 Å². The maximum atomic E-state index is 12.1. The van der Waals surface area contributed by atoms with Crippen LogP contribution in [0.15, 0.2) is 30.3 Å². The number of hydrogen-bond donors (Lipinski definition) is 5. The fraction of sp³-hybridized carbons (Fsp3) is 0.389. The molecule has 0 fully saturated rings. The molecule has 0 aliphatic heterocycles. The average Bonchev–Trinajstić information content (AvgIpc) is 2.57. The monoisotopic (exact) mass is 570 g/mol. The van der Waals surface area contributed by atoms with E-state index in [0.29, 0.717) is 5.56 Å². The molecule has 0 aliphatic rings. The number of carbonyl (C=O) groups is 5. The predicted molar refractivity (Wildman–Crippen MR) is 93.0 cm³/mol. The number of benzene rings is 1. The molecule has 0 amide bonds. The Balaban J connectivity index is 0.00000841. The van der Waals surface area contributed by atoms with Gasteiger partial charge < -0.3 is 30.3 Å². The second-order valence-electron chi connectivity index (χ2n) is 6.44. The van der Waals surface area contributed by atoms with Gasteiger partial charge in [0.25, 0.3) is 0 Å². The van der Waals surface area contributed by atoms with E-state index in [9.17, 15) is 49.5 Å². The van der Waals surface area contributed by atoms with Crippen LogP contribution >= 0.6 is 0 Å². The molecule has 11 nitrogen and oxygen atoms in total. The van der Waals surface area contributed by atoms with Crippen LogP contribution in [0.4, 0.5) is 0 Å². The molecule has 30 heavy (non-hydrogen) atoms. The van der Waals surface area contributed by atoms with Gasteiger partial charge in [0, 0.05) is 39.9 Å². The minimum absolute atomic E-state index is 0. The molecular weight excluding hydrogens is 549 g/mol. The molecule has 1 rings (SSSR count). The standard InChI is InChI=1S/C18H20O11.Gd/c19-12(20)6-17(16(27)28,7-13(21)22)18(8-14(23)24,9-15(25)26)29-10-11-4-2-1-3-5-11;/h1-5H,6-10H2,(H,19,20)(H,21,22)(H,23,24)(H,25,26)(H,27,28);. The Morgan fingerprint density at radius 2 is 1.10 bits per heavy atom. The van der Waals surface area contributed by atoms with E-state index in [2.05, 4.69) is 0 Å². The van der Waals surface area contributed by atoms with Gasteiger partial charge in [-0.15, -0.1) is 0 Å². The van der Waals surface area contributed by atoms with Crippen molar-refractivity contribution in [3.05, 3.63) is 35.9 Å². The van der Waals surface area contributed by atoms with Crippen LogP contribution in [-0.2, 0) is 35.3 Å². The first kappa shape index (κ1) is 27.9. The van der Waals surface area contributed by atoms with Gasteiger partial charge in [-0.05, 0) is 5.56 Å². The molecule has 0 spiro atoms. The van der Waals surface area contributed by atoms with Crippen LogP contribution in [0.5, 0.6) is 0 Å². The molecule has 0 unspecified atom stereocenters. The number of aliphatic carboxylic acids is 5. The summed E-state index contributed by atoms with van der Waals surface area (Å²) in [5.41, 5.74) is -5.11. The smallest absolute Gasteiger partial charge is 0.313 e. The molecule has 1 aromatic carbocycles. The Morgan fingerprint density at radius 1 is 0.700 bits per heavy atom. The summed E-state index contributed by atoms with van der Waals surface area (Å²) < 4.78 is 5.50. The summed E-state index contributed by atoms with van der Waals surface area (Å²) in [7, 11) is 0. The minimum Gasteiger partial charge on any atom is -0.481 e. The van der Waals surface area contributed by atoms with Crippen molar-refractivity contribution >= 4 is 29.8 Å². The molecule has 5 N–H and O–H groups in total. The third kappa shape index (κ3) is 7.28. The Kier molecular flexibility index (Phi) is 11.0. The first-order valence-corrected chi connectivity index (χ1v) is 8.22. The second-order valence-corrected chi connectivity index (χ2v) is 6.44. The van der Waals surface area contributed by atoms with Gasteiger partial charge in [-0.1, -0.05) is 30.3 Å². The van der Waals surface area contributed by atoms with Crippen LogP contribution in [0, 0.1) is 45.4 Å². The molecule has 0 aromatic heterocycles. The molecule has 0 radical (unpaired) electrons. The van der Waals surface area contributed by atoms with Crippen LogP contribution in [0.1, 0.15) is 31.2 Å². The van der Waals surface area contributed by atoms with Crippen molar-refractivity contribution in [1.82, 2.24) is 0 Å². The molecule has 0 atom stereocenters. The van der Waals surface area contributed by atoms with Crippen molar-refractivity contribution in [1.29, 1.82) is 0 Å². The summed E-state index contributed by atoms with van der Waals surface area (Å²) in [5.74, 6) is -8.85. The summed E-state index contributed by atoms with van der Waals surface area (Å²) in [6.45, 7) is -0.463. The molecule has 166 valence electrons. The van der Waals surface area contributed by atoms with Crippen molar-refractivity contribution in [2.45, 2.75) is 37.9 Å². The summed E-state index contributed by atoms with van der Waals surface area (Å²) in [6.07, 6.45) is -5.19. The van der Waals surface area contributed by atoms with Crippen LogP contribution in [0.2, 0.25) is 0 Å². The predicted octanol–water partition coefficient (Wildman–Crippen LogP) is 0.912. The van der Waals surface area contributed by atoms with E-state index >= 15 is 0 Å². The van der Waals surface area contributed by atoms with Crippen molar-refractivity contribution in [3.8, 4) is 0 Å². The van der Waals surface area contributed by atoms with Crippen molar-refractivity contribution in [2.75, 3.05) is 0 Å². The Bertz CT molecular complexity index is 759. The second kappa shape index (κ2) is 11.9. The first-order chi connectivity index (χ1) is 13.4. The fourth-order valence-corrected chi connectivity index (χ4v) is 3.17. The zero-order chi connectivity index (χ0) is 22.2. The maximum Gasteiger partial charge on any atom is 0.313 e. The van der Waals surface area contributed by atoms with Crippen LogP contribution in [0.25, 0.3) is 0 Å². The molecule has 0 aliphatic carbocycles. The van der Waals surface area contributed by atoms with E-state index in [1.54, 1.807) is 18.2 Å². The van der Waals surface area contributed by atoms with Crippen LogP contribution < -0.4 is 0 Å². The zero-order valence-electron chi connectivity index (χ0n) is 15.5. The summed E-state index contributed by atoms with van der Waals surface area (Å²) >= 11 is 0. The third-order valence-electron chi connectivity index (χ3n) is 4.42. The van der Waals surface area contributed by atoms with Crippen molar-refractivity contribution < 1.29 is 94.2 Å². The van der Waals surface area contributed by atoms with Gasteiger partial charge in [-0.3, -0.25) is 24.0 Å². The van der Waals surface area contributed by atoms with Crippen LogP contribution in [-0.4, -0.2) is 61.0 Å². The maximum absolute atomic E-state index is 12.1. The topological polar surface area (TPSA) is 196 Å². The van der Waals surface area contributed by atoms with E-state index in [1.807, 2.05) is 0 Å².